The smallest absolute Gasteiger partial charge is 0.130 e. The number of hydrogen-bond acceptors (Lipinski definition) is 3. The van der Waals surface area contributed by atoms with Crippen LogP contribution in [-0.2, 0) is 5.54 Å². The van der Waals surface area contributed by atoms with Crippen LogP contribution in [0.2, 0.25) is 5.02 Å². The normalized spacial score (nSPS) is 14.2. The van der Waals surface area contributed by atoms with Gasteiger partial charge in [-0.15, -0.1) is 0 Å². The Hall–Kier alpha value is -1.24. The monoisotopic (exact) mass is 210 g/mol. The van der Waals surface area contributed by atoms with Gasteiger partial charge in [0.05, 0.1) is 13.2 Å². The summed E-state index contributed by atoms with van der Waals surface area (Å²) in [5, 5.41) is 9.42. The van der Waals surface area contributed by atoms with Crippen molar-refractivity contribution in [3.05, 3.63) is 28.8 Å². The summed E-state index contributed by atoms with van der Waals surface area (Å²) >= 11 is 5.82. The molecule has 0 heterocycles. The lowest BCUT2D eigenvalue weighted by atomic mass is 9.94. The number of halogens is 1. The van der Waals surface area contributed by atoms with Crippen molar-refractivity contribution in [2.24, 2.45) is 5.73 Å². The molecule has 0 fully saturated rings. The Morgan fingerprint density at radius 3 is 2.71 bits per heavy atom. The van der Waals surface area contributed by atoms with E-state index in [-0.39, 0.29) is 0 Å². The first kappa shape index (κ1) is 10.8. The van der Waals surface area contributed by atoms with Crippen molar-refractivity contribution in [1.82, 2.24) is 0 Å². The molecule has 0 bridgehead atoms. The van der Waals surface area contributed by atoms with Crippen LogP contribution in [0, 0.1) is 11.3 Å². The van der Waals surface area contributed by atoms with Crippen LogP contribution in [0.1, 0.15) is 12.5 Å². The minimum Gasteiger partial charge on any atom is -0.496 e. The van der Waals surface area contributed by atoms with Crippen LogP contribution in [0.15, 0.2) is 18.2 Å². The fraction of sp³-hybridized carbons (Fsp3) is 0.300. The van der Waals surface area contributed by atoms with Crippen molar-refractivity contribution in [2.45, 2.75) is 12.5 Å². The van der Waals surface area contributed by atoms with Crippen LogP contribution in [-0.4, -0.2) is 7.11 Å². The van der Waals surface area contributed by atoms with Crippen molar-refractivity contribution in [3.63, 3.8) is 0 Å². The maximum absolute atomic E-state index is 8.88. The molecule has 0 radical (unpaired) electrons. The van der Waals surface area contributed by atoms with Gasteiger partial charge in [0.15, 0.2) is 0 Å². The average Bonchev–Trinajstić information content (AvgIpc) is 2.18. The van der Waals surface area contributed by atoms with Crippen molar-refractivity contribution in [3.8, 4) is 11.8 Å². The first-order valence-corrected chi connectivity index (χ1v) is 4.43. The molecule has 0 amide bonds. The molecule has 74 valence electrons. The largest absolute Gasteiger partial charge is 0.496 e. The van der Waals surface area contributed by atoms with Gasteiger partial charge in [-0.25, -0.2) is 0 Å². The van der Waals surface area contributed by atoms with E-state index in [2.05, 4.69) is 0 Å². The van der Waals surface area contributed by atoms with Gasteiger partial charge < -0.3 is 10.5 Å². The lowest BCUT2D eigenvalue weighted by Gasteiger charge is -2.19. The Kier molecular flexibility index (Phi) is 3.00. The number of nitrogens with two attached hydrogens (primary N) is 1. The molecule has 0 aliphatic rings. The molecule has 0 saturated carbocycles. The van der Waals surface area contributed by atoms with Gasteiger partial charge in [0.1, 0.15) is 11.3 Å². The van der Waals surface area contributed by atoms with E-state index in [0.29, 0.717) is 16.3 Å². The standard InChI is InChI=1S/C10H11ClN2O/c1-10(13,6-12)8-5-7(11)3-4-9(8)14-2/h3-5H,13H2,1-2H3/t10-/m0/s1. The second-order valence-electron chi connectivity index (χ2n) is 3.16. The summed E-state index contributed by atoms with van der Waals surface area (Å²) in [7, 11) is 1.53. The van der Waals surface area contributed by atoms with Crippen molar-refractivity contribution in [1.29, 1.82) is 5.26 Å². The van der Waals surface area contributed by atoms with Crippen LogP contribution >= 0.6 is 11.6 Å². The van der Waals surface area contributed by atoms with Crippen LogP contribution in [0.4, 0.5) is 0 Å². The molecule has 1 rings (SSSR count). The molecule has 0 unspecified atom stereocenters. The van der Waals surface area contributed by atoms with Gasteiger partial charge in [-0.3, -0.25) is 0 Å². The minimum absolute atomic E-state index is 0.535. The maximum atomic E-state index is 8.88. The molecular formula is C10H11ClN2O. The maximum Gasteiger partial charge on any atom is 0.130 e. The number of nitriles is 1. The topological polar surface area (TPSA) is 59.0 Å². The Morgan fingerprint density at radius 1 is 1.57 bits per heavy atom. The molecule has 0 spiro atoms. The lowest BCUT2D eigenvalue weighted by molar-refractivity contribution is 0.401. The molecule has 1 atom stereocenters. The molecule has 14 heavy (non-hydrogen) atoms. The zero-order valence-electron chi connectivity index (χ0n) is 8.04. The molecular weight excluding hydrogens is 200 g/mol. The summed E-state index contributed by atoms with van der Waals surface area (Å²) in [4.78, 5) is 0. The molecule has 0 saturated heterocycles. The zero-order valence-corrected chi connectivity index (χ0v) is 8.80. The number of methoxy groups -OCH3 is 1. The first-order valence-electron chi connectivity index (χ1n) is 4.05. The summed E-state index contributed by atoms with van der Waals surface area (Å²) in [5.41, 5.74) is 5.29. The highest BCUT2D eigenvalue weighted by Gasteiger charge is 2.24. The van der Waals surface area contributed by atoms with E-state index in [4.69, 9.17) is 27.3 Å². The Bertz CT molecular complexity index is 382. The molecule has 2 N–H and O–H groups in total. The Labute approximate surface area is 88.0 Å². The highest BCUT2D eigenvalue weighted by Crippen LogP contribution is 2.30. The third-order valence-corrected chi connectivity index (χ3v) is 2.19. The van der Waals surface area contributed by atoms with Crippen molar-refractivity contribution in [2.75, 3.05) is 7.11 Å². The predicted molar refractivity (Wildman–Crippen MR) is 55.2 cm³/mol. The van der Waals surface area contributed by atoms with Crippen LogP contribution in [0.5, 0.6) is 5.75 Å². The fourth-order valence-electron chi connectivity index (χ4n) is 1.15. The third-order valence-electron chi connectivity index (χ3n) is 1.95. The van der Waals surface area contributed by atoms with E-state index < -0.39 is 5.54 Å². The molecule has 1 aromatic rings. The Balaban J connectivity index is 3.32. The molecule has 1 aromatic carbocycles. The van der Waals surface area contributed by atoms with Gasteiger partial charge in [-0.2, -0.15) is 5.26 Å². The molecule has 4 heteroatoms. The summed E-state index contributed by atoms with van der Waals surface area (Å²) in [5.74, 6) is 0.570. The average molecular weight is 211 g/mol. The summed E-state index contributed by atoms with van der Waals surface area (Å²) < 4.78 is 5.10. The second kappa shape index (κ2) is 3.87. The lowest BCUT2D eigenvalue weighted by Crippen LogP contribution is -2.31. The van der Waals surface area contributed by atoms with E-state index in [1.165, 1.54) is 7.11 Å². The van der Waals surface area contributed by atoms with E-state index in [1.807, 2.05) is 6.07 Å². The van der Waals surface area contributed by atoms with Crippen molar-refractivity contribution < 1.29 is 4.74 Å². The van der Waals surface area contributed by atoms with Crippen LogP contribution < -0.4 is 10.5 Å². The molecule has 0 aromatic heterocycles. The number of rotatable bonds is 2. The summed E-state index contributed by atoms with van der Waals surface area (Å²) in [6.07, 6.45) is 0. The van der Waals surface area contributed by atoms with Gasteiger partial charge >= 0.3 is 0 Å². The highest BCUT2D eigenvalue weighted by atomic mass is 35.5. The number of benzene rings is 1. The van der Waals surface area contributed by atoms with Gasteiger partial charge in [-0.05, 0) is 25.1 Å². The Morgan fingerprint density at radius 2 is 2.21 bits per heavy atom. The summed E-state index contributed by atoms with van der Waals surface area (Å²) in [6, 6.07) is 7.03. The molecule has 0 aliphatic heterocycles. The van der Waals surface area contributed by atoms with E-state index in [9.17, 15) is 0 Å². The van der Waals surface area contributed by atoms with E-state index >= 15 is 0 Å². The van der Waals surface area contributed by atoms with Crippen LogP contribution in [0.25, 0.3) is 0 Å². The summed E-state index contributed by atoms with van der Waals surface area (Å²) in [6.45, 7) is 1.61. The van der Waals surface area contributed by atoms with Gasteiger partial charge in [0, 0.05) is 10.6 Å². The second-order valence-corrected chi connectivity index (χ2v) is 3.60. The fourth-order valence-corrected chi connectivity index (χ4v) is 1.32. The quantitative estimate of drug-likeness (QED) is 0.813. The van der Waals surface area contributed by atoms with Gasteiger partial charge in [0.25, 0.3) is 0 Å². The predicted octanol–water partition coefficient (Wildman–Crippen LogP) is 2.05. The number of ether oxygens (including phenoxy) is 1. The zero-order chi connectivity index (χ0) is 10.8. The first-order chi connectivity index (χ1) is 6.51. The van der Waals surface area contributed by atoms with Gasteiger partial charge in [0.2, 0.25) is 0 Å². The highest BCUT2D eigenvalue weighted by molar-refractivity contribution is 6.30. The third kappa shape index (κ3) is 1.98. The molecule has 0 aliphatic carbocycles. The minimum atomic E-state index is -1.09. The van der Waals surface area contributed by atoms with Gasteiger partial charge in [-0.1, -0.05) is 11.6 Å². The molecule has 3 nitrogen and oxygen atoms in total. The van der Waals surface area contributed by atoms with E-state index in [0.717, 1.165) is 0 Å². The SMILES string of the molecule is COc1ccc(Cl)cc1[C@@](C)(N)C#N. The van der Waals surface area contributed by atoms with Crippen molar-refractivity contribution >= 4 is 11.6 Å². The number of nitrogens with zero attached hydrogens (tertiary/aromatic N) is 1. The van der Waals surface area contributed by atoms with E-state index in [1.54, 1.807) is 25.1 Å². The number of hydrogen-bond donors (Lipinski definition) is 1. The van der Waals surface area contributed by atoms with Crippen LogP contribution in [0.3, 0.4) is 0 Å².